The molecule has 1 aromatic rings. The van der Waals surface area contributed by atoms with Crippen LogP contribution in [-0.4, -0.2) is 53.1 Å². The maximum Gasteiger partial charge on any atom is 0.276 e. The summed E-state index contributed by atoms with van der Waals surface area (Å²) in [5.74, 6) is -0.363. The fourth-order valence-corrected chi connectivity index (χ4v) is 3.53. The second kappa shape index (κ2) is 6.50. The van der Waals surface area contributed by atoms with Gasteiger partial charge in [0.15, 0.2) is 17.7 Å². The molecule has 1 unspecified atom stereocenters. The lowest BCUT2D eigenvalue weighted by Crippen LogP contribution is -2.69. The van der Waals surface area contributed by atoms with Crippen LogP contribution in [0.3, 0.4) is 0 Å². The third kappa shape index (κ3) is 2.39. The Morgan fingerprint density at radius 2 is 2.12 bits per heavy atom. The summed E-state index contributed by atoms with van der Waals surface area (Å²) in [7, 11) is 0. The number of rotatable bonds is 5. The number of carbonyl (C=O) groups excluding carboxylic acids is 1. The number of ether oxygens (including phenoxy) is 2. The largest absolute Gasteiger partial charge is 0.487 e. The Bertz CT molecular complexity index is 713. The highest BCUT2D eigenvalue weighted by Gasteiger charge is 2.55. The first-order chi connectivity index (χ1) is 11.5. The molecule has 24 heavy (non-hydrogen) atoms. The Morgan fingerprint density at radius 1 is 1.42 bits per heavy atom. The van der Waals surface area contributed by atoms with E-state index in [-0.39, 0.29) is 30.1 Å². The van der Waals surface area contributed by atoms with Crippen molar-refractivity contribution in [3.8, 4) is 5.75 Å². The predicted molar refractivity (Wildman–Crippen MR) is 90.3 cm³/mol. The van der Waals surface area contributed by atoms with Crippen LogP contribution in [0.15, 0.2) is 15.5 Å². The number of hydrogen-bond donors (Lipinski definition) is 1. The molecule has 1 amide bonds. The zero-order chi connectivity index (χ0) is 17.5. The topological polar surface area (TPSA) is 81.0 Å². The second-order valence-corrected chi connectivity index (χ2v) is 6.97. The molecule has 2 aliphatic heterocycles. The molecule has 3 heterocycles. The molecule has 1 N–H and O–H groups in total. The van der Waals surface area contributed by atoms with Crippen LogP contribution in [0, 0.1) is 0 Å². The van der Waals surface area contributed by atoms with Gasteiger partial charge >= 0.3 is 0 Å². The number of unbranched alkanes of at least 4 members (excludes halogenated alkanes) is 1. The van der Waals surface area contributed by atoms with E-state index in [2.05, 4.69) is 15.9 Å². The zero-order valence-corrected chi connectivity index (χ0v) is 15.3. The summed E-state index contributed by atoms with van der Waals surface area (Å²) in [6.07, 6.45) is 2.26. The molecule has 1 atom stereocenters. The molecule has 3 rings (SSSR count). The number of fused-ring (bicyclic) bond motifs is 2. The summed E-state index contributed by atoms with van der Waals surface area (Å²) in [4.78, 5) is 26.8. The van der Waals surface area contributed by atoms with Crippen molar-refractivity contribution in [1.29, 1.82) is 0 Å². The molecule has 1 spiro atoms. The third-order valence-corrected chi connectivity index (χ3v) is 5.19. The highest BCUT2D eigenvalue weighted by Crippen LogP contribution is 2.40. The van der Waals surface area contributed by atoms with Crippen LogP contribution in [0.1, 0.15) is 37.2 Å². The number of nitrogens with zero attached hydrogens (tertiary/aromatic N) is 2. The molecule has 8 heteroatoms. The van der Waals surface area contributed by atoms with Gasteiger partial charge in [-0.1, -0.05) is 13.3 Å². The lowest BCUT2D eigenvalue weighted by Gasteiger charge is -2.53. The van der Waals surface area contributed by atoms with Crippen molar-refractivity contribution < 1.29 is 19.4 Å². The molecule has 0 radical (unpaired) electrons. The molecule has 1 fully saturated rings. The monoisotopic (exact) mass is 400 g/mol. The smallest absolute Gasteiger partial charge is 0.276 e. The average molecular weight is 401 g/mol. The average Bonchev–Trinajstić information content (AvgIpc) is 2.50. The van der Waals surface area contributed by atoms with Gasteiger partial charge in [-0.05, 0) is 29.3 Å². The highest BCUT2D eigenvalue weighted by atomic mass is 79.9. The van der Waals surface area contributed by atoms with E-state index < -0.39 is 17.7 Å². The Morgan fingerprint density at radius 3 is 2.67 bits per heavy atom. The van der Waals surface area contributed by atoms with E-state index in [1.54, 1.807) is 17.7 Å². The van der Waals surface area contributed by atoms with E-state index in [0.29, 0.717) is 17.6 Å². The number of hydrogen-bond acceptors (Lipinski definition) is 5. The number of aromatic nitrogens is 1. The van der Waals surface area contributed by atoms with Crippen molar-refractivity contribution in [3.63, 3.8) is 0 Å². The van der Waals surface area contributed by atoms with Gasteiger partial charge in [0.25, 0.3) is 5.91 Å². The molecular formula is C16H21BrN2O5. The molecule has 2 aliphatic rings. The molecule has 0 saturated carbocycles. The van der Waals surface area contributed by atoms with E-state index in [1.165, 1.54) is 4.90 Å². The van der Waals surface area contributed by atoms with Crippen LogP contribution < -0.4 is 10.2 Å². The van der Waals surface area contributed by atoms with E-state index in [0.717, 1.165) is 12.8 Å². The van der Waals surface area contributed by atoms with Crippen LogP contribution in [-0.2, 0) is 10.3 Å². The van der Waals surface area contributed by atoms with Gasteiger partial charge in [0.1, 0.15) is 5.54 Å². The third-order valence-electron chi connectivity index (χ3n) is 4.63. The summed E-state index contributed by atoms with van der Waals surface area (Å²) < 4.78 is 13.0. The highest BCUT2D eigenvalue weighted by molar-refractivity contribution is 9.10. The van der Waals surface area contributed by atoms with E-state index in [9.17, 15) is 14.7 Å². The molecule has 7 nitrogen and oxygen atoms in total. The number of carbonyl (C=O) groups is 1. The first-order valence-electron chi connectivity index (χ1n) is 8.13. The van der Waals surface area contributed by atoms with Crippen molar-refractivity contribution >= 4 is 21.8 Å². The molecule has 0 aromatic carbocycles. The number of amides is 1. The SMILES string of the molecule is CCCCOc1c2n(cc(Br)c1=O)C1(COC1)C(O)N(CC)C2=O. The van der Waals surface area contributed by atoms with E-state index in [4.69, 9.17) is 9.47 Å². The lowest BCUT2D eigenvalue weighted by molar-refractivity contribution is -0.200. The van der Waals surface area contributed by atoms with Gasteiger partial charge in [0.05, 0.1) is 24.3 Å². The molecular weight excluding hydrogens is 380 g/mol. The number of pyridine rings is 1. The standard InChI is InChI=1S/C16H21BrN2O5/c1-3-5-6-24-13-11-14(21)18(4-2)15(22)16(8-23-9-16)19(11)7-10(17)12(13)20/h7,15,22H,3-6,8-9H2,1-2H3. The van der Waals surface area contributed by atoms with Crippen LogP contribution >= 0.6 is 15.9 Å². The van der Waals surface area contributed by atoms with Gasteiger partial charge in [0, 0.05) is 12.7 Å². The van der Waals surface area contributed by atoms with Crippen molar-refractivity contribution in [1.82, 2.24) is 9.47 Å². The van der Waals surface area contributed by atoms with Crippen LogP contribution in [0.25, 0.3) is 0 Å². The molecule has 0 aliphatic carbocycles. The number of aliphatic hydroxyl groups excluding tert-OH is 1. The van der Waals surface area contributed by atoms with Crippen molar-refractivity contribution in [2.24, 2.45) is 0 Å². The maximum absolute atomic E-state index is 12.9. The zero-order valence-electron chi connectivity index (χ0n) is 13.7. The fourth-order valence-electron chi connectivity index (χ4n) is 3.14. The summed E-state index contributed by atoms with van der Waals surface area (Å²) >= 11 is 3.25. The van der Waals surface area contributed by atoms with E-state index in [1.807, 2.05) is 6.92 Å². The molecule has 1 saturated heterocycles. The number of aliphatic hydroxyl groups is 1. The Kier molecular flexibility index (Phi) is 4.72. The van der Waals surface area contributed by atoms with Crippen molar-refractivity contribution in [2.75, 3.05) is 26.4 Å². The first-order valence-corrected chi connectivity index (χ1v) is 8.92. The van der Waals surface area contributed by atoms with Gasteiger partial charge < -0.3 is 24.0 Å². The predicted octanol–water partition coefficient (Wildman–Crippen LogP) is 1.31. The van der Waals surface area contributed by atoms with Gasteiger partial charge in [-0.2, -0.15) is 0 Å². The van der Waals surface area contributed by atoms with Crippen molar-refractivity contribution in [3.05, 3.63) is 26.6 Å². The van der Waals surface area contributed by atoms with Gasteiger partial charge in [-0.3, -0.25) is 9.59 Å². The van der Waals surface area contributed by atoms with Crippen LogP contribution in [0.2, 0.25) is 0 Å². The lowest BCUT2D eigenvalue weighted by atomic mass is 9.89. The molecule has 132 valence electrons. The fraction of sp³-hybridized carbons (Fsp3) is 0.625. The Hall–Kier alpha value is -1.38. The van der Waals surface area contributed by atoms with Gasteiger partial charge in [0.2, 0.25) is 5.43 Å². The minimum atomic E-state index is -1.01. The minimum absolute atomic E-state index is 0.0412. The normalized spacial score (nSPS) is 21.6. The number of halogens is 1. The second-order valence-electron chi connectivity index (χ2n) is 6.12. The first kappa shape index (κ1) is 17.4. The quantitative estimate of drug-likeness (QED) is 0.753. The van der Waals surface area contributed by atoms with Crippen molar-refractivity contribution in [2.45, 2.75) is 38.5 Å². The summed E-state index contributed by atoms with van der Waals surface area (Å²) in [5, 5.41) is 10.7. The summed E-state index contributed by atoms with van der Waals surface area (Å²) in [5.41, 5.74) is -0.943. The number of likely N-dealkylation sites (N-methyl/N-ethyl adjacent to an activating group) is 1. The molecule has 1 aromatic heterocycles. The van der Waals surface area contributed by atoms with Crippen LogP contribution in [0.4, 0.5) is 0 Å². The minimum Gasteiger partial charge on any atom is -0.487 e. The maximum atomic E-state index is 12.9. The van der Waals surface area contributed by atoms with Gasteiger partial charge in [-0.15, -0.1) is 0 Å². The van der Waals surface area contributed by atoms with Crippen LogP contribution in [0.5, 0.6) is 5.75 Å². The Balaban J connectivity index is 2.19. The Labute approximate surface area is 148 Å². The summed E-state index contributed by atoms with van der Waals surface area (Å²) in [6.45, 7) is 5.05. The van der Waals surface area contributed by atoms with Gasteiger partial charge in [-0.25, -0.2) is 0 Å². The molecule has 0 bridgehead atoms. The van der Waals surface area contributed by atoms with E-state index >= 15 is 0 Å². The summed E-state index contributed by atoms with van der Waals surface area (Å²) in [6, 6.07) is 0.